The molecule has 4 N–H and O–H groups in total. The Labute approximate surface area is 172 Å². The van der Waals surface area contributed by atoms with Crippen LogP contribution in [-0.2, 0) is 4.79 Å². The van der Waals surface area contributed by atoms with Gasteiger partial charge in [-0.1, -0.05) is 24.3 Å². The molecule has 0 bridgehead atoms. The summed E-state index contributed by atoms with van der Waals surface area (Å²) in [7, 11) is 0. The molecule has 0 spiro atoms. The van der Waals surface area contributed by atoms with Gasteiger partial charge in [0.1, 0.15) is 12.1 Å². The zero-order valence-electron chi connectivity index (χ0n) is 17.4. The van der Waals surface area contributed by atoms with E-state index in [1.807, 2.05) is 45.0 Å². The number of benzene rings is 2. The van der Waals surface area contributed by atoms with Crippen LogP contribution in [0.5, 0.6) is 0 Å². The van der Waals surface area contributed by atoms with E-state index in [1.165, 1.54) is 6.92 Å². The first kappa shape index (κ1) is 25.2. The molecule has 7 nitrogen and oxygen atoms in total. The molecule has 0 aromatic heterocycles. The van der Waals surface area contributed by atoms with E-state index in [9.17, 15) is 4.79 Å². The summed E-state index contributed by atoms with van der Waals surface area (Å²) < 4.78 is 0. The Morgan fingerprint density at radius 3 is 1.97 bits per heavy atom. The van der Waals surface area contributed by atoms with Crippen molar-refractivity contribution in [2.75, 3.05) is 24.1 Å². The second-order valence-corrected chi connectivity index (χ2v) is 5.63. The van der Waals surface area contributed by atoms with Crippen molar-refractivity contribution >= 4 is 23.1 Å². The van der Waals surface area contributed by atoms with E-state index >= 15 is 0 Å². The number of nitrogens with one attached hydrogen (secondary N) is 2. The SMILES string of the molecule is CCN=C(C)Nc1ccccc1C#N.CCNC(C)=O.N#Cc1ccccc1N. The highest BCUT2D eigenvalue weighted by atomic mass is 16.1. The molecule has 0 radical (unpaired) electrons. The lowest BCUT2D eigenvalue weighted by molar-refractivity contribution is -0.118. The van der Waals surface area contributed by atoms with Gasteiger partial charge in [0.05, 0.1) is 22.6 Å². The van der Waals surface area contributed by atoms with Gasteiger partial charge in [0.2, 0.25) is 5.91 Å². The van der Waals surface area contributed by atoms with Crippen molar-refractivity contribution in [1.82, 2.24) is 5.32 Å². The standard InChI is InChI=1S/C11H13N3.C7H6N2.C4H9NO/c1-3-13-9(2)14-11-7-5-4-6-10(11)8-12;8-5-6-3-1-2-4-7(6)9;1-3-5-4(2)6/h4-7H,3H2,1-2H3,(H,13,14);1-4H,9H2;3H2,1-2H3,(H,5,6). The number of hydrogen-bond donors (Lipinski definition) is 3. The molecule has 1 amide bonds. The molecule has 0 fully saturated rings. The van der Waals surface area contributed by atoms with Gasteiger partial charge in [-0.05, 0) is 45.0 Å². The zero-order chi connectivity index (χ0) is 22.1. The van der Waals surface area contributed by atoms with Crippen LogP contribution in [0.4, 0.5) is 11.4 Å². The fourth-order valence-corrected chi connectivity index (χ4v) is 2.01. The molecule has 0 saturated carbocycles. The first-order valence-corrected chi connectivity index (χ1v) is 9.15. The first-order valence-electron chi connectivity index (χ1n) is 9.15. The van der Waals surface area contributed by atoms with Crippen LogP contribution >= 0.6 is 0 Å². The molecule has 0 aliphatic rings. The summed E-state index contributed by atoms with van der Waals surface area (Å²) in [6.45, 7) is 8.73. The van der Waals surface area contributed by atoms with Crippen molar-refractivity contribution in [3.8, 4) is 12.1 Å². The average Bonchev–Trinajstić information content (AvgIpc) is 2.70. The van der Waals surface area contributed by atoms with E-state index in [4.69, 9.17) is 16.3 Å². The third kappa shape index (κ3) is 11.5. The number of amidine groups is 1. The zero-order valence-corrected chi connectivity index (χ0v) is 17.4. The number of carbonyl (C=O) groups excluding carboxylic acids is 1. The van der Waals surface area contributed by atoms with Crippen molar-refractivity contribution in [3.05, 3.63) is 59.7 Å². The number of hydrogen-bond acceptors (Lipinski definition) is 5. The fraction of sp³-hybridized carbons (Fsp3) is 0.273. The number of nitriles is 2. The molecular weight excluding hydrogens is 364 g/mol. The summed E-state index contributed by atoms with van der Waals surface area (Å²) in [5.74, 6) is 0.868. The number of rotatable bonds is 3. The van der Waals surface area contributed by atoms with Crippen LogP contribution in [0.15, 0.2) is 53.5 Å². The Kier molecular flexibility index (Phi) is 13.2. The summed E-state index contributed by atoms with van der Waals surface area (Å²) in [4.78, 5) is 14.1. The molecule has 0 heterocycles. The minimum absolute atomic E-state index is 0.0394. The molecule has 29 heavy (non-hydrogen) atoms. The van der Waals surface area contributed by atoms with Gasteiger partial charge in [-0.25, -0.2) is 0 Å². The third-order valence-corrected chi connectivity index (χ3v) is 3.27. The van der Waals surface area contributed by atoms with Gasteiger partial charge in [0.25, 0.3) is 0 Å². The smallest absolute Gasteiger partial charge is 0.216 e. The largest absolute Gasteiger partial charge is 0.398 e. The lowest BCUT2D eigenvalue weighted by Crippen LogP contribution is -2.18. The van der Waals surface area contributed by atoms with Crippen molar-refractivity contribution < 1.29 is 4.79 Å². The monoisotopic (exact) mass is 392 g/mol. The maximum absolute atomic E-state index is 9.93. The number of nitrogen functional groups attached to an aromatic ring is 1. The van der Waals surface area contributed by atoms with E-state index < -0.39 is 0 Å². The van der Waals surface area contributed by atoms with Gasteiger partial charge >= 0.3 is 0 Å². The molecule has 0 atom stereocenters. The first-order chi connectivity index (χ1) is 13.9. The van der Waals surface area contributed by atoms with Crippen molar-refractivity contribution in [3.63, 3.8) is 0 Å². The van der Waals surface area contributed by atoms with Crippen LogP contribution in [0.3, 0.4) is 0 Å². The number of carbonyl (C=O) groups is 1. The number of nitrogens with two attached hydrogens (primary N) is 1. The van der Waals surface area contributed by atoms with Gasteiger partial charge in [0, 0.05) is 25.7 Å². The summed E-state index contributed by atoms with van der Waals surface area (Å²) in [5, 5.41) is 22.9. The molecule has 0 aliphatic carbocycles. The fourth-order valence-electron chi connectivity index (χ4n) is 2.01. The minimum Gasteiger partial charge on any atom is -0.398 e. The molecule has 7 heteroatoms. The van der Waals surface area contributed by atoms with E-state index in [2.05, 4.69) is 21.7 Å². The van der Waals surface area contributed by atoms with E-state index in [0.717, 1.165) is 24.6 Å². The normalized spacial score (nSPS) is 9.38. The quantitative estimate of drug-likeness (QED) is 0.417. The van der Waals surface area contributed by atoms with Crippen molar-refractivity contribution in [2.24, 2.45) is 4.99 Å². The molecule has 2 aromatic carbocycles. The Morgan fingerprint density at radius 1 is 1.00 bits per heavy atom. The Hall–Kier alpha value is -3.84. The molecular formula is C22H28N6O. The van der Waals surface area contributed by atoms with Crippen LogP contribution < -0.4 is 16.4 Å². The summed E-state index contributed by atoms with van der Waals surface area (Å²) in [6.07, 6.45) is 0. The van der Waals surface area contributed by atoms with Crippen LogP contribution in [0.25, 0.3) is 0 Å². The Bertz CT molecular complexity index is 877. The van der Waals surface area contributed by atoms with Crippen LogP contribution in [0.2, 0.25) is 0 Å². The molecule has 0 saturated heterocycles. The highest BCUT2D eigenvalue weighted by Crippen LogP contribution is 2.13. The number of amides is 1. The maximum Gasteiger partial charge on any atom is 0.216 e. The highest BCUT2D eigenvalue weighted by molar-refractivity contribution is 5.94. The average molecular weight is 393 g/mol. The molecule has 2 rings (SSSR count). The minimum atomic E-state index is 0.0394. The third-order valence-electron chi connectivity index (χ3n) is 3.27. The van der Waals surface area contributed by atoms with Crippen LogP contribution in [-0.4, -0.2) is 24.8 Å². The number of para-hydroxylation sites is 2. The summed E-state index contributed by atoms with van der Waals surface area (Å²) in [5.41, 5.74) is 7.94. The van der Waals surface area contributed by atoms with Gasteiger partial charge in [0.15, 0.2) is 0 Å². The second-order valence-electron chi connectivity index (χ2n) is 5.63. The van der Waals surface area contributed by atoms with E-state index in [0.29, 0.717) is 16.8 Å². The predicted octanol–water partition coefficient (Wildman–Crippen LogP) is 3.69. The van der Waals surface area contributed by atoms with Crippen LogP contribution in [0, 0.1) is 22.7 Å². The molecule has 2 aromatic rings. The van der Waals surface area contributed by atoms with Gasteiger partial charge in [-0.2, -0.15) is 10.5 Å². The van der Waals surface area contributed by atoms with Gasteiger partial charge < -0.3 is 16.4 Å². The summed E-state index contributed by atoms with van der Waals surface area (Å²) in [6, 6.07) is 18.5. The predicted molar refractivity (Wildman–Crippen MR) is 118 cm³/mol. The van der Waals surface area contributed by atoms with Gasteiger partial charge in [-0.15, -0.1) is 0 Å². The van der Waals surface area contributed by atoms with E-state index in [-0.39, 0.29) is 5.91 Å². The second kappa shape index (κ2) is 15.2. The lowest BCUT2D eigenvalue weighted by atomic mass is 10.2. The summed E-state index contributed by atoms with van der Waals surface area (Å²) >= 11 is 0. The Balaban J connectivity index is 0.000000448. The molecule has 152 valence electrons. The molecule has 0 unspecified atom stereocenters. The topological polar surface area (TPSA) is 127 Å². The number of anilines is 2. The van der Waals surface area contributed by atoms with Crippen molar-refractivity contribution in [1.29, 1.82) is 10.5 Å². The molecule has 0 aliphatic heterocycles. The van der Waals surface area contributed by atoms with Crippen LogP contribution in [0.1, 0.15) is 38.8 Å². The number of nitrogens with zero attached hydrogens (tertiary/aromatic N) is 3. The number of aliphatic imine (C=N–C) groups is 1. The highest BCUT2D eigenvalue weighted by Gasteiger charge is 1.99. The van der Waals surface area contributed by atoms with Gasteiger partial charge in [-0.3, -0.25) is 9.79 Å². The maximum atomic E-state index is 9.93. The van der Waals surface area contributed by atoms with E-state index in [1.54, 1.807) is 30.3 Å². The Morgan fingerprint density at radius 2 is 1.55 bits per heavy atom. The lowest BCUT2D eigenvalue weighted by Gasteiger charge is -2.06. The van der Waals surface area contributed by atoms with Crippen molar-refractivity contribution in [2.45, 2.75) is 27.7 Å².